The third kappa shape index (κ3) is 8.40. The van der Waals surface area contributed by atoms with Crippen LogP contribution in [0, 0.1) is 0 Å². The maximum atomic E-state index is 2.73. The van der Waals surface area contributed by atoms with Gasteiger partial charge >= 0.3 is 0 Å². The number of nitrogens with zero attached hydrogens (tertiary/aromatic N) is 3. The Hall–Kier alpha value is -11.0. The molecule has 0 aromatic heterocycles. The highest BCUT2D eigenvalue weighted by Crippen LogP contribution is 2.54. The van der Waals surface area contributed by atoms with Crippen LogP contribution in [0.3, 0.4) is 0 Å². The Kier molecular flexibility index (Phi) is 12.4. The minimum Gasteiger partial charge on any atom is -0.311 e. The highest BCUT2D eigenvalue weighted by molar-refractivity contribution is 8.00. The molecule has 16 aromatic rings. The lowest BCUT2D eigenvalue weighted by atomic mass is 9.30. The highest BCUT2D eigenvalue weighted by atomic mass is 32.2. The largest absolute Gasteiger partial charge is 0.311 e. The fraction of sp³-hybridized carbons (Fsp3) is 0.0870. The van der Waals surface area contributed by atoms with E-state index in [1.807, 2.05) is 11.8 Å². The SMILES string of the molecule is CC(C)(C)c1cc2c3c(c1)N(c1c(-c4ccccc4)cccc1-c1ccccc1)c1cc4c(cc1B3c1ccccc1S2)B1c2ccccc2N(c2ccc3c5ccccc5c5ccccc5c3c2)c2cc(C(C)(C)C)cc(c21)N4c1ccc2c3ccccc3c3ccccc3c2c1. The van der Waals surface area contributed by atoms with E-state index in [0.29, 0.717) is 0 Å². The first-order valence-corrected chi connectivity index (χ1v) is 35.4. The van der Waals surface area contributed by atoms with E-state index in [-0.39, 0.29) is 24.3 Å². The highest BCUT2D eigenvalue weighted by Gasteiger charge is 2.49. The number of anilines is 9. The molecule has 16 aromatic carbocycles. The summed E-state index contributed by atoms with van der Waals surface area (Å²) in [5.41, 5.74) is 25.4. The van der Waals surface area contributed by atoms with Gasteiger partial charge in [0.15, 0.2) is 0 Å². The molecule has 4 aliphatic heterocycles. The van der Waals surface area contributed by atoms with Crippen LogP contribution in [-0.2, 0) is 10.8 Å². The van der Waals surface area contributed by atoms with Crippen LogP contribution in [-0.4, -0.2) is 13.4 Å². The van der Waals surface area contributed by atoms with Crippen LogP contribution < -0.4 is 47.5 Å². The van der Waals surface area contributed by atoms with Gasteiger partial charge in [-0.1, -0.05) is 289 Å². The number of rotatable bonds is 5. The molecule has 0 bridgehead atoms. The minimum atomic E-state index is -0.243. The van der Waals surface area contributed by atoms with Gasteiger partial charge in [-0.15, -0.1) is 0 Å². The third-order valence-electron chi connectivity index (χ3n) is 21.9. The number of benzene rings is 16. The van der Waals surface area contributed by atoms with Gasteiger partial charge in [0.05, 0.1) is 5.69 Å². The van der Waals surface area contributed by atoms with E-state index in [1.54, 1.807) is 0 Å². The normalized spacial score (nSPS) is 13.7. The molecule has 20 rings (SSSR count). The minimum absolute atomic E-state index is 0.0798. The van der Waals surface area contributed by atoms with Crippen molar-refractivity contribution in [3.63, 3.8) is 0 Å². The second kappa shape index (κ2) is 21.2. The fourth-order valence-corrected chi connectivity index (χ4v) is 18.6. The molecule has 98 heavy (non-hydrogen) atoms. The van der Waals surface area contributed by atoms with Crippen molar-refractivity contribution < 1.29 is 0 Å². The molecule has 0 saturated carbocycles. The monoisotopic (exact) mass is 1270 g/mol. The van der Waals surface area contributed by atoms with E-state index in [1.165, 1.54) is 180 Å². The van der Waals surface area contributed by atoms with Crippen LogP contribution in [0.5, 0.6) is 0 Å². The molecule has 462 valence electrons. The lowest BCUT2D eigenvalue weighted by Crippen LogP contribution is -2.64. The molecule has 4 heterocycles. The first kappa shape index (κ1) is 57.2. The van der Waals surface area contributed by atoms with E-state index in [0.717, 1.165) is 11.4 Å². The van der Waals surface area contributed by atoms with Crippen molar-refractivity contribution in [3.05, 3.63) is 308 Å². The molecule has 0 saturated heterocycles. The summed E-state index contributed by atoms with van der Waals surface area (Å²) in [4.78, 5) is 10.7. The summed E-state index contributed by atoms with van der Waals surface area (Å²) in [7, 11) is 0. The Morgan fingerprint density at radius 3 is 1.14 bits per heavy atom. The molecule has 0 N–H and O–H groups in total. The average Bonchev–Trinajstić information content (AvgIpc) is 0.683. The summed E-state index contributed by atoms with van der Waals surface area (Å²) in [5.74, 6) is 0. The molecular formula is C92H67B2N3S. The molecule has 3 nitrogen and oxygen atoms in total. The van der Waals surface area contributed by atoms with Crippen molar-refractivity contribution >= 4 is 174 Å². The lowest BCUT2D eigenvalue weighted by Gasteiger charge is -2.47. The second-order valence-corrected chi connectivity index (χ2v) is 30.5. The molecular weight excluding hydrogens is 1200 g/mol. The van der Waals surface area contributed by atoms with Crippen LogP contribution in [0.25, 0.3) is 86.9 Å². The quantitative estimate of drug-likeness (QED) is 0.125. The Morgan fingerprint density at radius 2 is 0.643 bits per heavy atom. The van der Waals surface area contributed by atoms with Gasteiger partial charge in [0, 0.05) is 66.4 Å². The first-order valence-electron chi connectivity index (χ1n) is 34.6. The fourth-order valence-electron chi connectivity index (χ4n) is 17.4. The smallest absolute Gasteiger partial charge is 0.252 e. The molecule has 0 fully saturated rings. The van der Waals surface area contributed by atoms with Crippen molar-refractivity contribution in [1.29, 1.82) is 0 Å². The van der Waals surface area contributed by atoms with E-state index in [9.17, 15) is 0 Å². The predicted molar refractivity (Wildman–Crippen MR) is 424 cm³/mol. The summed E-state index contributed by atoms with van der Waals surface area (Å²) in [6.07, 6.45) is 0. The molecule has 0 aliphatic carbocycles. The average molecular weight is 1270 g/mol. The predicted octanol–water partition coefficient (Wildman–Crippen LogP) is 21.4. The van der Waals surface area contributed by atoms with Crippen LogP contribution in [0.15, 0.2) is 307 Å². The maximum absolute atomic E-state index is 2.73. The van der Waals surface area contributed by atoms with Crippen molar-refractivity contribution in [2.24, 2.45) is 0 Å². The van der Waals surface area contributed by atoms with Gasteiger partial charge in [-0.2, -0.15) is 0 Å². The van der Waals surface area contributed by atoms with Gasteiger partial charge in [-0.25, -0.2) is 0 Å². The summed E-state index contributed by atoms with van der Waals surface area (Å²) in [6.45, 7) is 14.1. The van der Waals surface area contributed by atoms with Gasteiger partial charge in [-0.05, 0) is 192 Å². The van der Waals surface area contributed by atoms with Crippen LogP contribution >= 0.6 is 11.8 Å². The van der Waals surface area contributed by atoms with Crippen molar-refractivity contribution in [3.8, 4) is 22.3 Å². The van der Waals surface area contributed by atoms with Gasteiger partial charge in [0.25, 0.3) is 6.71 Å². The van der Waals surface area contributed by atoms with E-state index in [4.69, 9.17) is 0 Å². The number of para-hydroxylation sites is 2. The number of hydrogen-bond donors (Lipinski definition) is 0. The summed E-state index contributed by atoms with van der Waals surface area (Å²) >= 11 is 1.94. The molecule has 0 spiro atoms. The Bertz CT molecular complexity index is 5980. The van der Waals surface area contributed by atoms with Crippen LogP contribution in [0.4, 0.5) is 51.2 Å². The molecule has 0 amide bonds. The standard InChI is InChI=1S/C92H67B2N3S/c1-91(2,3)58-48-83-88-84(49-58)96(61-45-47-73-69-35-16-14-31-65(69)67-33-18-20-37-71(67)75(73)53-61)81-55-82-79(54-78(81)93(88)76-40-21-23-42-80(76)95(83)60-44-46-72-68-34-15-13-30-64(68)66-32-17-19-36-70(66)74(72)52-60)94-77-41-22-24-43-86(77)98-87-51-59(92(4,5)6)50-85(89(87)94)97(82)90-62(56-26-9-7-10-27-56)38-25-39-63(90)57-28-11-8-12-29-57/h7-55H,1-6H3. The Balaban J connectivity index is 0.940. The van der Waals surface area contributed by atoms with E-state index in [2.05, 4.69) is 353 Å². The topological polar surface area (TPSA) is 9.72 Å². The first-order chi connectivity index (χ1) is 47.9. The molecule has 4 aliphatic rings. The summed E-state index contributed by atoms with van der Waals surface area (Å²) in [6, 6.07) is 114. The number of hydrogen-bond acceptors (Lipinski definition) is 4. The summed E-state index contributed by atoms with van der Waals surface area (Å²) in [5, 5.41) is 15.1. The zero-order valence-electron chi connectivity index (χ0n) is 55.7. The zero-order chi connectivity index (χ0) is 65.4. The number of fused-ring (bicyclic) bond motifs is 20. The van der Waals surface area contributed by atoms with E-state index >= 15 is 0 Å². The van der Waals surface area contributed by atoms with Crippen molar-refractivity contribution in [1.82, 2.24) is 0 Å². The van der Waals surface area contributed by atoms with Gasteiger partial charge in [-0.3, -0.25) is 0 Å². The summed E-state index contributed by atoms with van der Waals surface area (Å²) < 4.78 is 0. The van der Waals surface area contributed by atoms with Crippen LogP contribution in [0.1, 0.15) is 52.7 Å². The Morgan fingerprint density at radius 1 is 0.255 bits per heavy atom. The van der Waals surface area contributed by atoms with Crippen molar-refractivity contribution in [2.75, 3.05) is 14.7 Å². The second-order valence-electron chi connectivity index (χ2n) is 29.5. The van der Waals surface area contributed by atoms with Gasteiger partial charge in [0.1, 0.15) is 0 Å². The van der Waals surface area contributed by atoms with E-state index < -0.39 is 0 Å². The van der Waals surface area contributed by atoms with Crippen LogP contribution in [0.2, 0.25) is 0 Å². The molecule has 0 radical (unpaired) electrons. The maximum Gasteiger partial charge on any atom is 0.252 e. The molecule has 6 heteroatoms. The van der Waals surface area contributed by atoms with Gasteiger partial charge in [0.2, 0.25) is 6.71 Å². The Labute approximate surface area is 577 Å². The zero-order valence-corrected chi connectivity index (χ0v) is 56.5. The third-order valence-corrected chi connectivity index (χ3v) is 23.1. The van der Waals surface area contributed by atoms with Crippen molar-refractivity contribution in [2.45, 2.75) is 62.2 Å². The lowest BCUT2D eigenvalue weighted by molar-refractivity contribution is 0.589. The van der Waals surface area contributed by atoms with Gasteiger partial charge < -0.3 is 14.7 Å². The molecule has 0 atom stereocenters. The molecule has 0 unspecified atom stereocenters.